The highest BCUT2D eigenvalue weighted by Gasteiger charge is 2.06. The second kappa shape index (κ2) is 3.40. The van der Waals surface area contributed by atoms with Crippen molar-refractivity contribution in [3.05, 3.63) is 12.2 Å². The quantitative estimate of drug-likeness (QED) is 0.496. The van der Waals surface area contributed by atoms with Crippen LogP contribution >= 0.6 is 0 Å². The van der Waals surface area contributed by atoms with E-state index in [-0.39, 0.29) is 5.92 Å². The first-order valence-corrected chi connectivity index (χ1v) is 3.68. The molecule has 0 radical (unpaired) electrons. The van der Waals surface area contributed by atoms with Gasteiger partial charge in [-0.15, -0.1) is 0 Å². The maximum atomic E-state index is 10.3. The van der Waals surface area contributed by atoms with E-state index in [4.69, 9.17) is 0 Å². The summed E-state index contributed by atoms with van der Waals surface area (Å²) in [5.74, 6) is -1.26. The summed E-state index contributed by atoms with van der Waals surface area (Å²) in [4.78, 5) is 10.3. The van der Waals surface area contributed by atoms with E-state index >= 15 is 0 Å². The molecule has 0 saturated heterocycles. The molecule has 0 aromatic carbocycles. The fourth-order valence-electron chi connectivity index (χ4n) is 1.18. The Hall–Kier alpha value is -0.790. The molecule has 1 aliphatic carbocycles. The van der Waals surface area contributed by atoms with E-state index in [0.717, 1.165) is 25.7 Å². The fraction of sp³-hybridized carbons (Fsp3) is 0.625. The molecule has 10 heavy (non-hydrogen) atoms. The van der Waals surface area contributed by atoms with Crippen molar-refractivity contribution in [2.24, 2.45) is 5.92 Å². The first kappa shape index (κ1) is 7.32. The molecule has 0 amide bonds. The monoisotopic (exact) mass is 139 g/mol. The molecular formula is C8H11O2-. The van der Waals surface area contributed by atoms with Gasteiger partial charge in [0.1, 0.15) is 0 Å². The number of hydrogen-bond acceptors (Lipinski definition) is 2. The van der Waals surface area contributed by atoms with Gasteiger partial charge in [0, 0.05) is 11.9 Å². The molecule has 0 fully saturated rings. The van der Waals surface area contributed by atoms with Gasteiger partial charge in [-0.1, -0.05) is 18.6 Å². The Labute approximate surface area is 60.6 Å². The highest BCUT2D eigenvalue weighted by atomic mass is 16.4. The Bertz CT molecular complexity index is 149. The van der Waals surface area contributed by atoms with Crippen molar-refractivity contribution in [3.63, 3.8) is 0 Å². The predicted molar refractivity (Wildman–Crippen MR) is 36.1 cm³/mol. The average Bonchev–Trinajstić information content (AvgIpc) is 2.12. The van der Waals surface area contributed by atoms with Gasteiger partial charge in [0.2, 0.25) is 0 Å². The third-order valence-electron chi connectivity index (χ3n) is 1.81. The molecule has 2 heteroatoms. The zero-order chi connectivity index (χ0) is 7.40. The first-order chi connectivity index (χ1) is 4.80. The number of carboxylic acids is 1. The molecule has 0 spiro atoms. The molecule has 1 unspecified atom stereocenters. The van der Waals surface area contributed by atoms with Gasteiger partial charge in [-0.3, -0.25) is 0 Å². The number of hydrogen-bond donors (Lipinski definition) is 0. The van der Waals surface area contributed by atoms with Gasteiger partial charge in [0.05, 0.1) is 0 Å². The molecule has 1 aliphatic rings. The Morgan fingerprint density at radius 1 is 1.50 bits per heavy atom. The number of rotatable bonds is 1. The largest absolute Gasteiger partial charge is 0.550 e. The Kier molecular flexibility index (Phi) is 2.49. The lowest BCUT2D eigenvalue weighted by atomic mass is 10.0. The van der Waals surface area contributed by atoms with Crippen LogP contribution in [0, 0.1) is 5.92 Å². The summed E-state index contributed by atoms with van der Waals surface area (Å²) >= 11 is 0. The number of allylic oxidation sites excluding steroid dienone is 1. The van der Waals surface area contributed by atoms with E-state index in [1.54, 1.807) is 6.08 Å². The van der Waals surface area contributed by atoms with Crippen molar-refractivity contribution in [2.45, 2.75) is 25.7 Å². The Balaban J connectivity index is 2.49. The van der Waals surface area contributed by atoms with Crippen LogP contribution in [0.2, 0.25) is 0 Å². The highest BCUT2D eigenvalue weighted by Crippen LogP contribution is 2.15. The second-order valence-electron chi connectivity index (χ2n) is 2.64. The molecule has 0 saturated carbocycles. The van der Waals surface area contributed by atoms with Gasteiger partial charge < -0.3 is 9.90 Å². The van der Waals surface area contributed by atoms with Crippen molar-refractivity contribution in [1.82, 2.24) is 0 Å². The molecule has 0 heterocycles. The summed E-state index contributed by atoms with van der Waals surface area (Å²) in [7, 11) is 0. The minimum atomic E-state index is -0.932. The molecule has 0 bridgehead atoms. The molecule has 1 atom stereocenters. The molecule has 0 aromatic rings. The lowest BCUT2D eigenvalue weighted by Gasteiger charge is -2.10. The van der Waals surface area contributed by atoms with Crippen molar-refractivity contribution in [2.75, 3.05) is 0 Å². The summed E-state index contributed by atoms with van der Waals surface area (Å²) in [6.45, 7) is 0. The Morgan fingerprint density at radius 3 is 3.00 bits per heavy atom. The summed E-state index contributed by atoms with van der Waals surface area (Å²) in [6, 6.07) is 0. The maximum absolute atomic E-state index is 10.3. The summed E-state index contributed by atoms with van der Waals surface area (Å²) in [6.07, 6.45) is 7.57. The molecule has 56 valence electrons. The van der Waals surface area contributed by atoms with Crippen LogP contribution in [0.5, 0.6) is 0 Å². The summed E-state index contributed by atoms with van der Waals surface area (Å²) in [5, 5.41) is 10.3. The summed E-state index contributed by atoms with van der Waals surface area (Å²) in [5.41, 5.74) is 0. The SMILES string of the molecule is O=C([O-])C1C=CCCCC1. The zero-order valence-corrected chi connectivity index (χ0v) is 5.88. The van der Waals surface area contributed by atoms with Gasteiger partial charge in [0.15, 0.2) is 0 Å². The molecule has 1 rings (SSSR count). The van der Waals surface area contributed by atoms with E-state index in [0.29, 0.717) is 0 Å². The molecule has 0 aromatic heterocycles. The number of carboxylic acid groups (broad SMARTS) is 1. The van der Waals surface area contributed by atoms with Gasteiger partial charge in [-0.25, -0.2) is 0 Å². The van der Waals surface area contributed by atoms with Gasteiger partial charge in [0.25, 0.3) is 0 Å². The third-order valence-corrected chi connectivity index (χ3v) is 1.81. The number of carbonyl (C=O) groups is 1. The van der Waals surface area contributed by atoms with E-state index in [1.165, 1.54) is 0 Å². The van der Waals surface area contributed by atoms with E-state index in [9.17, 15) is 9.90 Å². The number of aliphatic carboxylic acids is 1. The van der Waals surface area contributed by atoms with Crippen LogP contribution in [0.25, 0.3) is 0 Å². The van der Waals surface area contributed by atoms with Crippen molar-refractivity contribution in [3.8, 4) is 0 Å². The normalized spacial score (nSPS) is 25.8. The number of carbonyl (C=O) groups excluding carboxylic acids is 1. The predicted octanol–water partition coefficient (Wildman–Crippen LogP) is 0.483. The zero-order valence-electron chi connectivity index (χ0n) is 5.88. The second-order valence-corrected chi connectivity index (χ2v) is 2.64. The van der Waals surface area contributed by atoms with Crippen LogP contribution in [0.3, 0.4) is 0 Å². The minimum absolute atomic E-state index is 0.331. The van der Waals surface area contributed by atoms with Crippen LogP contribution in [0.4, 0.5) is 0 Å². The minimum Gasteiger partial charge on any atom is -0.550 e. The van der Waals surface area contributed by atoms with E-state index in [1.807, 2.05) is 6.08 Å². The van der Waals surface area contributed by atoms with Gasteiger partial charge >= 0.3 is 0 Å². The molecular weight excluding hydrogens is 128 g/mol. The van der Waals surface area contributed by atoms with E-state index < -0.39 is 5.97 Å². The fourth-order valence-corrected chi connectivity index (χ4v) is 1.18. The van der Waals surface area contributed by atoms with Crippen LogP contribution < -0.4 is 5.11 Å². The first-order valence-electron chi connectivity index (χ1n) is 3.68. The van der Waals surface area contributed by atoms with Crippen molar-refractivity contribution >= 4 is 5.97 Å². The standard InChI is InChI=1S/C8H12O2/c9-8(10)7-5-3-1-2-4-6-7/h3,5,7H,1-2,4,6H2,(H,9,10)/p-1. The van der Waals surface area contributed by atoms with Gasteiger partial charge in [-0.2, -0.15) is 0 Å². The van der Waals surface area contributed by atoms with Crippen molar-refractivity contribution < 1.29 is 9.90 Å². The van der Waals surface area contributed by atoms with Crippen LogP contribution in [0.15, 0.2) is 12.2 Å². The third kappa shape index (κ3) is 1.87. The smallest absolute Gasteiger partial charge is 0.0483 e. The maximum Gasteiger partial charge on any atom is 0.0483 e. The lowest BCUT2D eigenvalue weighted by molar-refractivity contribution is -0.309. The van der Waals surface area contributed by atoms with Crippen LogP contribution in [-0.4, -0.2) is 5.97 Å². The summed E-state index contributed by atoms with van der Waals surface area (Å²) < 4.78 is 0. The van der Waals surface area contributed by atoms with Crippen LogP contribution in [-0.2, 0) is 4.79 Å². The van der Waals surface area contributed by atoms with E-state index in [2.05, 4.69) is 0 Å². The molecule has 0 aliphatic heterocycles. The lowest BCUT2D eigenvalue weighted by Crippen LogP contribution is -2.29. The topological polar surface area (TPSA) is 40.1 Å². The highest BCUT2D eigenvalue weighted by molar-refractivity contribution is 5.69. The Morgan fingerprint density at radius 2 is 2.30 bits per heavy atom. The van der Waals surface area contributed by atoms with Gasteiger partial charge in [-0.05, 0) is 19.3 Å². The molecule has 2 nitrogen and oxygen atoms in total. The van der Waals surface area contributed by atoms with Crippen LogP contribution in [0.1, 0.15) is 25.7 Å². The van der Waals surface area contributed by atoms with Crippen molar-refractivity contribution in [1.29, 1.82) is 0 Å². The molecule has 0 N–H and O–H groups in total. The average molecular weight is 139 g/mol.